The van der Waals surface area contributed by atoms with Crippen LogP contribution in [0.1, 0.15) is 19.4 Å². The molecule has 4 atom stereocenters. The predicted molar refractivity (Wildman–Crippen MR) is 88.5 cm³/mol. The fraction of sp³-hybridized carbons (Fsp3) is 0.474. The van der Waals surface area contributed by atoms with Gasteiger partial charge in [-0.3, -0.25) is 9.59 Å². The Bertz CT molecular complexity index is 741. The van der Waals surface area contributed by atoms with Crippen LogP contribution in [-0.4, -0.2) is 36.2 Å². The number of anilines is 1. The number of fused-ring (bicyclic) bond motifs is 1. The summed E-state index contributed by atoms with van der Waals surface area (Å²) in [4.78, 5) is 27.4. The quantitative estimate of drug-likeness (QED) is 0.631. The molecule has 3 heterocycles. The summed E-state index contributed by atoms with van der Waals surface area (Å²) in [5.74, 6) is -1.45. The van der Waals surface area contributed by atoms with Crippen molar-refractivity contribution < 1.29 is 19.1 Å². The molecule has 3 aliphatic heterocycles. The Morgan fingerprint density at radius 3 is 2.83 bits per heavy atom. The Morgan fingerprint density at radius 1 is 1.38 bits per heavy atom. The summed E-state index contributed by atoms with van der Waals surface area (Å²) in [6.07, 6.45) is 3.29. The molecule has 0 saturated carbocycles. The minimum absolute atomic E-state index is 0.0538. The van der Waals surface area contributed by atoms with Gasteiger partial charge in [-0.2, -0.15) is 0 Å². The molecular formula is C19H21NO4. The van der Waals surface area contributed by atoms with E-state index in [1.54, 1.807) is 4.90 Å². The highest BCUT2D eigenvalue weighted by Crippen LogP contribution is 2.53. The minimum Gasteiger partial charge on any atom is -0.463 e. The van der Waals surface area contributed by atoms with Crippen molar-refractivity contribution in [2.24, 2.45) is 11.8 Å². The fourth-order valence-electron chi connectivity index (χ4n) is 4.15. The minimum atomic E-state index is -0.704. The summed E-state index contributed by atoms with van der Waals surface area (Å²) in [7, 11) is 0. The smallest absolute Gasteiger partial charge is 0.313 e. The first-order valence-electron chi connectivity index (χ1n) is 8.37. The third-order valence-corrected chi connectivity index (χ3v) is 5.13. The van der Waals surface area contributed by atoms with Gasteiger partial charge in [-0.1, -0.05) is 30.4 Å². The molecule has 2 saturated heterocycles. The van der Waals surface area contributed by atoms with Crippen molar-refractivity contribution in [2.45, 2.75) is 38.6 Å². The Morgan fingerprint density at radius 2 is 2.12 bits per heavy atom. The summed E-state index contributed by atoms with van der Waals surface area (Å²) in [6.45, 7) is 6.05. The van der Waals surface area contributed by atoms with Crippen molar-refractivity contribution in [2.75, 3.05) is 11.4 Å². The number of carbonyl (C=O) groups excluding carboxylic acids is 2. The molecule has 5 heteroatoms. The van der Waals surface area contributed by atoms with Crippen molar-refractivity contribution in [3.05, 3.63) is 42.0 Å². The molecule has 1 aromatic rings. The number of carbonyl (C=O) groups is 2. The summed E-state index contributed by atoms with van der Waals surface area (Å²) in [6, 6.07) is 7.78. The van der Waals surface area contributed by atoms with Crippen LogP contribution in [0.3, 0.4) is 0 Å². The first-order chi connectivity index (χ1) is 11.4. The predicted octanol–water partition coefficient (Wildman–Crippen LogP) is 2.23. The average Bonchev–Trinajstić information content (AvgIpc) is 3.15. The van der Waals surface area contributed by atoms with Crippen molar-refractivity contribution in [1.82, 2.24) is 0 Å². The standard InChI is InChI=1S/C19H21NO4/c1-11(2)23-18(22)15-14-8-9-19(24-14)10-20(17(21)16(15)19)13-7-5-4-6-12(13)3/h4-9,11,14-16H,10H2,1-3H3/t14-,15+,16-,19+/m1/s1. The molecule has 0 unspecified atom stereocenters. The van der Waals surface area contributed by atoms with Gasteiger partial charge >= 0.3 is 5.97 Å². The zero-order chi connectivity index (χ0) is 17.1. The zero-order valence-corrected chi connectivity index (χ0v) is 14.1. The molecule has 5 nitrogen and oxygen atoms in total. The second-order valence-electron chi connectivity index (χ2n) is 7.10. The molecule has 2 bridgehead atoms. The highest BCUT2D eigenvalue weighted by molar-refractivity contribution is 6.03. The molecular weight excluding hydrogens is 306 g/mol. The van der Waals surface area contributed by atoms with Crippen LogP contribution in [0, 0.1) is 18.8 Å². The van der Waals surface area contributed by atoms with Crippen molar-refractivity contribution >= 4 is 17.6 Å². The van der Waals surface area contributed by atoms with Crippen LogP contribution in [0.15, 0.2) is 36.4 Å². The lowest BCUT2D eigenvalue weighted by Crippen LogP contribution is -2.40. The maximum absolute atomic E-state index is 13.1. The fourth-order valence-corrected chi connectivity index (χ4v) is 4.15. The molecule has 1 spiro atoms. The molecule has 1 aromatic carbocycles. The molecule has 126 valence electrons. The van der Waals surface area contributed by atoms with Gasteiger partial charge in [0.1, 0.15) is 11.5 Å². The van der Waals surface area contributed by atoms with Gasteiger partial charge < -0.3 is 14.4 Å². The van der Waals surface area contributed by atoms with Gasteiger partial charge in [0.15, 0.2) is 0 Å². The van der Waals surface area contributed by atoms with E-state index in [9.17, 15) is 9.59 Å². The van der Waals surface area contributed by atoms with E-state index in [1.807, 2.05) is 57.2 Å². The molecule has 0 aromatic heterocycles. The van der Waals surface area contributed by atoms with Gasteiger partial charge in [0.25, 0.3) is 0 Å². The first kappa shape index (κ1) is 15.4. The lowest BCUT2D eigenvalue weighted by atomic mass is 9.77. The molecule has 0 radical (unpaired) electrons. The van der Waals surface area contributed by atoms with Crippen LogP contribution >= 0.6 is 0 Å². The number of benzene rings is 1. The Balaban J connectivity index is 1.69. The number of amides is 1. The van der Waals surface area contributed by atoms with E-state index in [1.165, 1.54) is 0 Å². The van der Waals surface area contributed by atoms with E-state index in [0.717, 1.165) is 11.3 Å². The van der Waals surface area contributed by atoms with Crippen molar-refractivity contribution in [3.63, 3.8) is 0 Å². The van der Waals surface area contributed by atoms with Crippen LogP contribution in [0.2, 0.25) is 0 Å². The van der Waals surface area contributed by atoms with Gasteiger partial charge in [-0.15, -0.1) is 0 Å². The van der Waals surface area contributed by atoms with Gasteiger partial charge in [0.05, 0.1) is 24.7 Å². The largest absolute Gasteiger partial charge is 0.463 e. The van der Waals surface area contributed by atoms with Crippen LogP contribution in [0.4, 0.5) is 5.69 Å². The Kier molecular flexibility index (Phi) is 3.32. The van der Waals surface area contributed by atoms with Gasteiger partial charge in [0.2, 0.25) is 5.91 Å². The van der Waals surface area contributed by atoms with E-state index < -0.39 is 17.4 Å². The van der Waals surface area contributed by atoms with Crippen molar-refractivity contribution in [1.29, 1.82) is 0 Å². The third-order valence-electron chi connectivity index (χ3n) is 5.13. The van der Waals surface area contributed by atoms with E-state index >= 15 is 0 Å². The zero-order valence-electron chi connectivity index (χ0n) is 14.1. The Labute approximate surface area is 141 Å². The molecule has 4 rings (SSSR count). The molecule has 1 amide bonds. The normalized spacial score (nSPS) is 33.4. The van der Waals surface area contributed by atoms with Gasteiger partial charge in [-0.05, 0) is 32.4 Å². The SMILES string of the molecule is Cc1ccccc1N1C[C@]23C=C[C@@H](O2)[C@H](C(=O)OC(C)C)[C@@H]3C1=O. The van der Waals surface area contributed by atoms with Crippen LogP contribution in [0.5, 0.6) is 0 Å². The lowest BCUT2D eigenvalue weighted by Gasteiger charge is -2.23. The average molecular weight is 327 g/mol. The van der Waals surface area contributed by atoms with Crippen LogP contribution in [0.25, 0.3) is 0 Å². The topological polar surface area (TPSA) is 55.8 Å². The summed E-state index contributed by atoms with van der Waals surface area (Å²) < 4.78 is 11.5. The van der Waals surface area contributed by atoms with Crippen molar-refractivity contribution in [3.8, 4) is 0 Å². The van der Waals surface area contributed by atoms with E-state index in [0.29, 0.717) is 6.54 Å². The van der Waals surface area contributed by atoms with Crippen LogP contribution < -0.4 is 4.90 Å². The van der Waals surface area contributed by atoms with Gasteiger partial charge in [0, 0.05) is 5.69 Å². The van der Waals surface area contributed by atoms with E-state index in [-0.39, 0.29) is 24.1 Å². The molecule has 0 aliphatic carbocycles. The number of hydrogen-bond donors (Lipinski definition) is 0. The third kappa shape index (κ3) is 2.04. The van der Waals surface area contributed by atoms with E-state index in [2.05, 4.69) is 0 Å². The highest BCUT2D eigenvalue weighted by atomic mass is 16.6. The molecule has 2 fully saturated rings. The lowest BCUT2D eigenvalue weighted by molar-refractivity contribution is -0.156. The first-order valence-corrected chi connectivity index (χ1v) is 8.37. The van der Waals surface area contributed by atoms with Crippen LogP contribution in [-0.2, 0) is 19.1 Å². The maximum atomic E-state index is 13.1. The second-order valence-corrected chi connectivity index (χ2v) is 7.10. The number of aryl methyl sites for hydroxylation is 1. The number of hydrogen-bond acceptors (Lipinski definition) is 4. The van der Waals surface area contributed by atoms with E-state index in [4.69, 9.17) is 9.47 Å². The summed E-state index contributed by atoms with van der Waals surface area (Å²) in [5, 5.41) is 0. The number of ether oxygens (including phenoxy) is 2. The maximum Gasteiger partial charge on any atom is 0.313 e. The number of para-hydroxylation sites is 1. The molecule has 0 N–H and O–H groups in total. The number of esters is 1. The molecule has 24 heavy (non-hydrogen) atoms. The van der Waals surface area contributed by atoms with Gasteiger partial charge in [-0.25, -0.2) is 0 Å². The monoisotopic (exact) mass is 327 g/mol. The number of rotatable bonds is 3. The second kappa shape index (κ2) is 5.18. The summed E-state index contributed by atoms with van der Waals surface area (Å²) >= 11 is 0. The molecule has 3 aliphatic rings. The summed E-state index contributed by atoms with van der Waals surface area (Å²) in [5.41, 5.74) is 1.20. The number of nitrogens with zero attached hydrogens (tertiary/aromatic N) is 1. The highest BCUT2D eigenvalue weighted by Gasteiger charge is 2.67. The Hall–Kier alpha value is -2.14.